The Morgan fingerprint density at radius 2 is 1.72 bits per heavy atom. The molecule has 0 spiro atoms. The minimum absolute atomic E-state index is 0.0717. The molecular weight excluding hydrogens is 488 g/mol. The van der Waals surface area contributed by atoms with Gasteiger partial charge in [0.25, 0.3) is 11.6 Å². The monoisotopic (exact) mass is 507 g/mol. The van der Waals surface area contributed by atoms with Gasteiger partial charge in [-0.05, 0) is 78.4 Å². The van der Waals surface area contributed by atoms with E-state index >= 15 is 0 Å². The summed E-state index contributed by atoms with van der Waals surface area (Å²) in [6.45, 7) is 0. The number of carbonyl (C=O) groups excluding carboxylic acids is 1. The van der Waals surface area contributed by atoms with Crippen molar-refractivity contribution in [3.8, 4) is 0 Å². The fourth-order valence-corrected chi connectivity index (χ4v) is 5.03. The summed E-state index contributed by atoms with van der Waals surface area (Å²) in [7, 11) is 0. The molecule has 9 heteroatoms. The Morgan fingerprint density at radius 3 is 2.39 bits per heavy atom. The SMILES string of the molecule is O=C(c1ccc(Cl)c([N+](=O)[O-])c1)N1N=C2/C(=C\c3ccc(F)cc3)CCC[C@H]2[C@H]1c1ccc(F)cc1. The summed E-state index contributed by atoms with van der Waals surface area (Å²) in [6.07, 6.45) is 4.28. The highest BCUT2D eigenvalue weighted by Gasteiger charge is 2.44. The topological polar surface area (TPSA) is 75.8 Å². The summed E-state index contributed by atoms with van der Waals surface area (Å²) in [5.74, 6) is -1.40. The first-order valence-corrected chi connectivity index (χ1v) is 11.8. The van der Waals surface area contributed by atoms with Gasteiger partial charge < -0.3 is 0 Å². The van der Waals surface area contributed by atoms with Crippen molar-refractivity contribution in [3.63, 3.8) is 0 Å². The van der Waals surface area contributed by atoms with E-state index in [1.807, 2.05) is 6.08 Å². The first-order valence-electron chi connectivity index (χ1n) is 11.4. The number of nitrogens with zero attached hydrogens (tertiary/aromatic N) is 3. The van der Waals surface area contributed by atoms with Gasteiger partial charge in [0.05, 0.1) is 16.7 Å². The third kappa shape index (κ3) is 4.52. The number of halogens is 3. The molecule has 1 heterocycles. The van der Waals surface area contributed by atoms with Crippen LogP contribution in [0.2, 0.25) is 5.02 Å². The summed E-state index contributed by atoms with van der Waals surface area (Å²) in [4.78, 5) is 24.4. The van der Waals surface area contributed by atoms with Gasteiger partial charge in [0, 0.05) is 17.5 Å². The van der Waals surface area contributed by atoms with Crippen LogP contribution in [0, 0.1) is 27.7 Å². The Labute approximate surface area is 210 Å². The Kier molecular flexibility index (Phi) is 6.36. The molecule has 2 aliphatic rings. The summed E-state index contributed by atoms with van der Waals surface area (Å²) in [5, 5.41) is 17.4. The summed E-state index contributed by atoms with van der Waals surface area (Å²) >= 11 is 5.94. The number of nitro benzene ring substituents is 1. The number of hydrogen-bond donors (Lipinski definition) is 0. The highest BCUT2D eigenvalue weighted by Crippen LogP contribution is 2.45. The molecule has 0 radical (unpaired) electrons. The van der Waals surface area contributed by atoms with Crippen LogP contribution in [0.15, 0.2) is 77.4 Å². The molecule has 0 N–H and O–H groups in total. The first kappa shape index (κ1) is 23.8. The number of rotatable bonds is 4. The molecule has 3 aromatic carbocycles. The maximum Gasteiger partial charge on any atom is 0.288 e. The second-order valence-electron chi connectivity index (χ2n) is 8.77. The molecule has 6 nitrogen and oxygen atoms in total. The average molecular weight is 508 g/mol. The van der Waals surface area contributed by atoms with Crippen LogP contribution in [0.3, 0.4) is 0 Å². The highest BCUT2D eigenvalue weighted by atomic mass is 35.5. The van der Waals surface area contributed by atoms with Crippen molar-refractivity contribution in [1.82, 2.24) is 5.01 Å². The molecule has 1 amide bonds. The maximum absolute atomic E-state index is 13.7. The van der Waals surface area contributed by atoms with E-state index in [0.29, 0.717) is 5.56 Å². The molecule has 36 heavy (non-hydrogen) atoms. The normalized spacial score (nSPS) is 20.2. The third-order valence-corrected chi connectivity index (χ3v) is 6.84. The maximum atomic E-state index is 13.7. The van der Waals surface area contributed by atoms with E-state index in [1.54, 1.807) is 24.3 Å². The van der Waals surface area contributed by atoms with E-state index in [-0.39, 0.29) is 28.0 Å². The van der Waals surface area contributed by atoms with Gasteiger partial charge in [-0.1, -0.05) is 35.9 Å². The molecular formula is C27H20ClF2N3O3. The quantitative estimate of drug-likeness (QED) is 0.283. The molecule has 182 valence electrons. The minimum Gasteiger partial charge on any atom is -0.267 e. The fourth-order valence-electron chi connectivity index (χ4n) is 4.84. The van der Waals surface area contributed by atoms with Gasteiger partial charge in [-0.3, -0.25) is 14.9 Å². The van der Waals surface area contributed by atoms with Crippen molar-refractivity contribution in [2.24, 2.45) is 11.0 Å². The zero-order valence-electron chi connectivity index (χ0n) is 18.9. The van der Waals surface area contributed by atoms with Crippen molar-refractivity contribution >= 4 is 35.0 Å². The predicted molar refractivity (Wildman–Crippen MR) is 133 cm³/mol. The lowest BCUT2D eigenvalue weighted by atomic mass is 9.77. The Balaban J connectivity index is 1.59. The van der Waals surface area contributed by atoms with E-state index in [9.17, 15) is 23.7 Å². The van der Waals surface area contributed by atoms with Crippen LogP contribution in [0.1, 0.15) is 46.8 Å². The van der Waals surface area contributed by atoms with Gasteiger partial charge in [0.2, 0.25) is 0 Å². The average Bonchev–Trinajstić information content (AvgIpc) is 3.26. The van der Waals surface area contributed by atoms with Gasteiger partial charge >= 0.3 is 0 Å². The van der Waals surface area contributed by atoms with Gasteiger partial charge in [-0.15, -0.1) is 0 Å². The van der Waals surface area contributed by atoms with Crippen LogP contribution >= 0.6 is 11.6 Å². The van der Waals surface area contributed by atoms with E-state index in [1.165, 1.54) is 41.4 Å². The molecule has 2 atom stereocenters. The lowest BCUT2D eigenvalue weighted by molar-refractivity contribution is -0.384. The van der Waals surface area contributed by atoms with Crippen molar-refractivity contribution < 1.29 is 18.5 Å². The van der Waals surface area contributed by atoms with Crippen molar-refractivity contribution in [1.29, 1.82) is 0 Å². The fraction of sp³-hybridized carbons (Fsp3) is 0.185. The number of nitro groups is 1. The zero-order valence-corrected chi connectivity index (χ0v) is 19.7. The number of carbonyl (C=O) groups is 1. The van der Waals surface area contributed by atoms with E-state index < -0.39 is 22.7 Å². The lowest BCUT2D eigenvalue weighted by Gasteiger charge is -2.29. The molecule has 0 aromatic heterocycles. The molecule has 5 rings (SSSR count). The molecule has 0 saturated heterocycles. The van der Waals surface area contributed by atoms with Crippen LogP contribution in [0.4, 0.5) is 14.5 Å². The third-order valence-electron chi connectivity index (χ3n) is 6.52. The molecule has 1 aliphatic carbocycles. The van der Waals surface area contributed by atoms with Crippen LogP contribution in [0.5, 0.6) is 0 Å². The number of amides is 1. The Morgan fingerprint density at radius 1 is 1.06 bits per heavy atom. The number of hydrazone groups is 1. The molecule has 1 fully saturated rings. The van der Waals surface area contributed by atoms with Crippen molar-refractivity contribution in [2.75, 3.05) is 0 Å². The number of benzene rings is 3. The van der Waals surface area contributed by atoms with E-state index in [4.69, 9.17) is 16.7 Å². The largest absolute Gasteiger partial charge is 0.288 e. The molecule has 0 bridgehead atoms. The summed E-state index contributed by atoms with van der Waals surface area (Å²) < 4.78 is 27.1. The van der Waals surface area contributed by atoms with Crippen molar-refractivity contribution in [2.45, 2.75) is 25.3 Å². The number of fused-ring (bicyclic) bond motifs is 1. The standard InChI is InChI=1S/C27H20ClF2N3O3/c28-23-13-8-19(15-24(23)33(35)36)27(34)32-26(17-6-11-21(30)12-7-17)22-3-1-2-18(25(22)31-32)14-16-4-9-20(29)10-5-16/h4-15,22,26H,1-3H2/b18-14-/t22-,26-/m1/s1. The first-order chi connectivity index (χ1) is 17.3. The van der Waals surface area contributed by atoms with Gasteiger partial charge in [-0.25, -0.2) is 13.8 Å². The highest BCUT2D eigenvalue weighted by molar-refractivity contribution is 6.32. The molecule has 0 unspecified atom stereocenters. The molecule has 3 aromatic rings. The zero-order chi connectivity index (χ0) is 25.4. The second kappa shape index (κ2) is 9.62. The van der Waals surface area contributed by atoms with Gasteiger partial charge in [0.15, 0.2) is 0 Å². The van der Waals surface area contributed by atoms with E-state index in [0.717, 1.165) is 42.2 Å². The van der Waals surface area contributed by atoms with Gasteiger partial charge in [-0.2, -0.15) is 5.10 Å². The van der Waals surface area contributed by atoms with Crippen LogP contribution in [-0.2, 0) is 0 Å². The van der Waals surface area contributed by atoms with Crippen molar-refractivity contribution in [3.05, 3.63) is 116 Å². The van der Waals surface area contributed by atoms with Crippen LogP contribution in [-0.4, -0.2) is 21.6 Å². The molecule has 1 saturated carbocycles. The molecule has 1 aliphatic heterocycles. The number of hydrogen-bond acceptors (Lipinski definition) is 4. The van der Waals surface area contributed by atoms with Crippen LogP contribution in [0.25, 0.3) is 6.08 Å². The summed E-state index contributed by atoms with van der Waals surface area (Å²) in [5.41, 5.74) is 2.89. The second-order valence-corrected chi connectivity index (χ2v) is 9.18. The Bertz CT molecular complexity index is 1400. The van der Waals surface area contributed by atoms with Gasteiger partial charge in [0.1, 0.15) is 16.7 Å². The summed E-state index contributed by atoms with van der Waals surface area (Å²) in [6, 6.07) is 15.4. The van der Waals surface area contributed by atoms with E-state index in [2.05, 4.69) is 0 Å². The predicted octanol–water partition coefficient (Wildman–Crippen LogP) is 6.96. The Hall–Kier alpha value is -3.91. The lowest BCUT2D eigenvalue weighted by Crippen LogP contribution is -2.32. The van der Waals surface area contributed by atoms with Crippen LogP contribution < -0.4 is 0 Å². The number of allylic oxidation sites excluding steroid dienone is 1. The minimum atomic E-state index is -0.643. The smallest absolute Gasteiger partial charge is 0.267 e.